The Morgan fingerprint density at radius 1 is 1.31 bits per heavy atom. The lowest BCUT2D eigenvalue weighted by Gasteiger charge is -2.17. The molecule has 1 amide bonds. The number of thioether (sulfide) groups is 1. The second-order valence-corrected chi connectivity index (χ2v) is 6.36. The van der Waals surface area contributed by atoms with Gasteiger partial charge in [-0.05, 0) is 24.6 Å². The molecule has 7 nitrogen and oxygen atoms in total. The molecule has 1 aromatic carbocycles. The molecule has 0 aliphatic rings. The first kappa shape index (κ1) is 19.3. The molecule has 0 radical (unpaired) electrons. The number of nitrogens with one attached hydrogen (secondary N) is 1. The summed E-state index contributed by atoms with van der Waals surface area (Å²) in [6.45, 7) is 1.26. The van der Waals surface area contributed by atoms with Crippen LogP contribution in [0.25, 0.3) is 0 Å². The summed E-state index contributed by atoms with van der Waals surface area (Å²) in [5, 5.41) is 9.46. The zero-order chi connectivity index (χ0) is 19.1. The molecular weight excluding hydrogens is 354 g/mol. The number of pyridine rings is 1. The van der Waals surface area contributed by atoms with Crippen molar-refractivity contribution in [1.82, 2.24) is 4.98 Å². The van der Waals surface area contributed by atoms with Gasteiger partial charge in [0.2, 0.25) is 5.56 Å². The van der Waals surface area contributed by atoms with Crippen LogP contribution in [0.2, 0.25) is 0 Å². The third-order valence-corrected chi connectivity index (χ3v) is 4.50. The van der Waals surface area contributed by atoms with Crippen LogP contribution in [0.3, 0.4) is 0 Å². The molecule has 0 atom stereocenters. The number of hydrogen-bond donors (Lipinski definition) is 1. The van der Waals surface area contributed by atoms with E-state index in [4.69, 9.17) is 10.00 Å². The van der Waals surface area contributed by atoms with Gasteiger partial charge in [-0.15, -0.1) is 0 Å². The van der Waals surface area contributed by atoms with Gasteiger partial charge >= 0.3 is 5.97 Å². The first-order valence-electron chi connectivity index (χ1n) is 7.66. The number of carbonyl (C=O) groups is 2. The summed E-state index contributed by atoms with van der Waals surface area (Å²) in [5.41, 5.74) is 1.19. The molecule has 2 rings (SSSR count). The van der Waals surface area contributed by atoms with Crippen molar-refractivity contribution in [2.24, 2.45) is 0 Å². The number of para-hydroxylation sites is 1. The maximum atomic E-state index is 12.1. The second kappa shape index (κ2) is 8.87. The number of rotatable bonds is 6. The van der Waals surface area contributed by atoms with Crippen molar-refractivity contribution in [2.45, 2.75) is 11.9 Å². The average Bonchev–Trinajstić information content (AvgIpc) is 2.64. The van der Waals surface area contributed by atoms with Gasteiger partial charge in [-0.2, -0.15) is 5.26 Å². The van der Waals surface area contributed by atoms with Gasteiger partial charge in [-0.3, -0.25) is 14.4 Å². The van der Waals surface area contributed by atoms with E-state index >= 15 is 0 Å². The number of H-pyrrole nitrogens is 1. The van der Waals surface area contributed by atoms with Gasteiger partial charge < -0.3 is 14.6 Å². The molecule has 8 heteroatoms. The molecule has 0 bridgehead atoms. The van der Waals surface area contributed by atoms with Crippen LogP contribution >= 0.6 is 11.8 Å². The highest BCUT2D eigenvalue weighted by molar-refractivity contribution is 7.99. The van der Waals surface area contributed by atoms with Crippen molar-refractivity contribution in [3.63, 3.8) is 0 Å². The van der Waals surface area contributed by atoms with Gasteiger partial charge in [0.15, 0.2) is 6.61 Å². The van der Waals surface area contributed by atoms with Crippen molar-refractivity contribution in [2.75, 3.05) is 24.3 Å². The van der Waals surface area contributed by atoms with E-state index in [0.29, 0.717) is 21.8 Å². The average molecular weight is 371 g/mol. The number of amides is 1. The quantitative estimate of drug-likeness (QED) is 0.614. The summed E-state index contributed by atoms with van der Waals surface area (Å²) in [5.74, 6) is -1.11. The molecule has 0 aliphatic carbocycles. The monoisotopic (exact) mass is 371 g/mol. The van der Waals surface area contributed by atoms with E-state index in [2.05, 4.69) is 4.98 Å². The Kier molecular flexibility index (Phi) is 6.58. The molecule has 0 spiro atoms. The lowest BCUT2D eigenvalue weighted by atomic mass is 10.2. The fourth-order valence-electron chi connectivity index (χ4n) is 2.11. The third kappa shape index (κ3) is 4.97. The maximum Gasteiger partial charge on any atom is 0.316 e. The lowest BCUT2D eigenvalue weighted by Crippen LogP contribution is -2.31. The van der Waals surface area contributed by atoms with E-state index in [1.807, 2.05) is 12.1 Å². The highest BCUT2D eigenvalue weighted by Crippen LogP contribution is 2.21. The smallest absolute Gasteiger partial charge is 0.316 e. The topological polar surface area (TPSA) is 103 Å². The van der Waals surface area contributed by atoms with Gasteiger partial charge in [-0.1, -0.05) is 30.0 Å². The minimum atomic E-state index is -0.615. The number of hydrogen-bond acceptors (Lipinski definition) is 6. The Morgan fingerprint density at radius 2 is 2.00 bits per heavy atom. The van der Waals surface area contributed by atoms with Gasteiger partial charge in [0, 0.05) is 18.8 Å². The fraction of sp³-hybridized carbons (Fsp3) is 0.222. The molecule has 1 heterocycles. The van der Waals surface area contributed by atoms with Crippen LogP contribution in [0.5, 0.6) is 0 Å². The first-order chi connectivity index (χ1) is 12.4. The number of benzene rings is 1. The molecule has 1 N–H and O–H groups in total. The molecule has 0 saturated heterocycles. The van der Waals surface area contributed by atoms with Crippen LogP contribution < -0.4 is 10.5 Å². The number of esters is 1. The van der Waals surface area contributed by atoms with E-state index in [9.17, 15) is 14.4 Å². The summed E-state index contributed by atoms with van der Waals surface area (Å²) in [6, 6.07) is 12.3. The summed E-state index contributed by atoms with van der Waals surface area (Å²) in [7, 11) is 1.59. The number of anilines is 1. The lowest BCUT2D eigenvalue weighted by molar-refractivity contribution is -0.145. The maximum absolute atomic E-state index is 12.1. The second-order valence-electron chi connectivity index (χ2n) is 5.37. The zero-order valence-corrected chi connectivity index (χ0v) is 15.1. The van der Waals surface area contributed by atoms with Crippen molar-refractivity contribution >= 4 is 29.3 Å². The molecule has 26 heavy (non-hydrogen) atoms. The highest BCUT2D eigenvalue weighted by atomic mass is 32.2. The van der Waals surface area contributed by atoms with E-state index in [-0.39, 0.29) is 23.8 Å². The summed E-state index contributed by atoms with van der Waals surface area (Å²) in [4.78, 5) is 39.4. The number of aromatic amines is 1. The number of ether oxygens (including phenoxy) is 1. The summed E-state index contributed by atoms with van der Waals surface area (Å²) < 4.78 is 4.98. The Labute approximate surface area is 154 Å². The van der Waals surface area contributed by atoms with Gasteiger partial charge in [0.25, 0.3) is 5.91 Å². The van der Waals surface area contributed by atoms with Crippen molar-refractivity contribution in [1.29, 1.82) is 5.26 Å². The Morgan fingerprint density at radius 3 is 2.65 bits per heavy atom. The first-order valence-corrected chi connectivity index (χ1v) is 8.65. The van der Waals surface area contributed by atoms with Crippen molar-refractivity contribution < 1.29 is 14.3 Å². The predicted octanol–water partition coefficient (Wildman–Crippen LogP) is 1.85. The third-order valence-electron chi connectivity index (χ3n) is 3.53. The van der Waals surface area contributed by atoms with Gasteiger partial charge in [0.05, 0.1) is 16.3 Å². The molecule has 0 unspecified atom stereocenters. The van der Waals surface area contributed by atoms with Gasteiger partial charge in [-0.25, -0.2) is 0 Å². The Balaban J connectivity index is 1.89. The molecular formula is C18H17N3O4S. The largest absolute Gasteiger partial charge is 0.455 e. The molecule has 1 aromatic heterocycles. The van der Waals surface area contributed by atoms with Crippen LogP contribution in [-0.4, -0.2) is 36.3 Å². The van der Waals surface area contributed by atoms with Crippen molar-refractivity contribution in [3.8, 4) is 6.07 Å². The minimum Gasteiger partial charge on any atom is -0.455 e. The minimum absolute atomic E-state index is 0.129. The highest BCUT2D eigenvalue weighted by Gasteiger charge is 2.15. The normalized spacial score (nSPS) is 10.0. The summed E-state index contributed by atoms with van der Waals surface area (Å²) in [6.07, 6.45) is 0. The Bertz CT molecular complexity index is 903. The molecule has 134 valence electrons. The number of likely N-dealkylation sites (N-methyl/N-ethyl adjacent to an activating group) is 1. The number of carbonyl (C=O) groups excluding carboxylic acids is 2. The van der Waals surface area contributed by atoms with Crippen LogP contribution in [0.4, 0.5) is 5.69 Å². The van der Waals surface area contributed by atoms with E-state index in [1.54, 1.807) is 38.2 Å². The molecule has 2 aromatic rings. The number of nitriles is 1. The van der Waals surface area contributed by atoms with Crippen LogP contribution in [0.1, 0.15) is 11.1 Å². The number of aromatic nitrogens is 1. The molecule has 0 aliphatic heterocycles. The van der Waals surface area contributed by atoms with E-state index in [0.717, 1.165) is 11.8 Å². The van der Waals surface area contributed by atoms with Crippen LogP contribution in [0.15, 0.2) is 46.2 Å². The van der Waals surface area contributed by atoms with Crippen molar-refractivity contribution in [3.05, 3.63) is 57.9 Å². The van der Waals surface area contributed by atoms with E-state index in [1.165, 1.54) is 11.0 Å². The summed E-state index contributed by atoms with van der Waals surface area (Å²) >= 11 is 0.987. The predicted molar refractivity (Wildman–Crippen MR) is 98.0 cm³/mol. The van der Waals surface area contributed by atoms with Crippen LogP contribution in [-0.2, 0) is 14.3 Å². The Hall–Kier alpha value is -3.05. The van der Waals surface area contributed by atoms with E-state index < -0.39 is 5.97 Å². The molecule has 0 fully saturated rings. The van der Waals surface area contributed by atoms with Crippen LogP contribution in [0, 0.1) is 18.3 Å². The standard InChI is InChI=1S/C18H17N3O4S/c1-12-8-15(22)20-18(14(12)9-19)26-11-17(24)25-10-16(23)21(2)13-6-4-3-5-7-13/h3-8H,10-11H2,1-2H3,(H,20,22). The fourth-order valence-corrected chi connectivity index (χ4v) is 2.98. The number of aryl methyl sites for hydroxylation is 1. The SMILES string of the molecule is Cc1cc(=O)[nH]c(SCC(=O)OCC(=O)N(C)c2ccccc2)c1C#N. The van der Waals surface area contributed by atoms with Gasteiger partial charge in [0.1, 0.15) is 6.07 Å². The number of nitrogens with zero attached hydrogens (tertiary/aromatic N) is 2. The zero-order valence-electron chi connectivity index (χ0n) is 14.3. The molecule has 0 saturated carbocycles.